The lowest BCUT2D eigenvalue weighted by Gasteiger charge is -2.12. The SMILES string of the molecule is CCSCC(C)NC(=O)c1ccc(C(=O)O)cn1. The molecule has 1 unspecified atom stereocenters. The Bertz CT molecular complexity index is 420. The first-order chi connectivity index (χ1) is 8.54. The largest absolute Gasteiger partial charge is 0.478 e. The molecule has 0 aromatic carbocycles. The maximum Gasteiger partial charge on any atom is 0.337 e. The smallest absolute Gasteiger partial charge is 0.337 e. The summed E-state index contributed by atoms with van der Waals surface area (Å²) in [5.41, 5.74) is 0.300. The summed E-state index contributed by atoms with van der Waals surface area (Å²) in [6.45, 7) is 3.98. The average molecular weight is 268 g/mol. The van der Waals surface area contributed by atoms with Crippen molar-refractivity contribution in [3.8, 4) is 0 Å². The van der Waals surface area contributed by atoms with E-state index < -0.39 is 5.97 Å². The number of pyridine rings is 1. The lowest BCUT2D eigenvalue weighted by Crippen LogP contribution is -2.34. The number of nitrogens with zero attached hydrogens (tertiary/aromatic N) is 1. The Morgan fingerprint density at radius 1 is 1.50 bits per heavy atom. The Morgan fingerprint density at radius 2 is 2.22 bits per heavy atom. The first-order valence-electron chi connectivity index (χ1n) is 5.62. The number of carbonyl (C=O) groups is 2. The van der Waals surface area contributed by atoms with Gasteiger partial charge in [-0.1, -0.05) is 6.92 Å². The molecule has 1 amide bonds. The highest BCUT2D eigenvalue weighted by atomic mass is 32.2. The monoisotopic (exact) mass is 268 g/mol. The van der Waals surface area contributed by atoms with Gasteiger partial charge in [0.05, 0.1) is 5.56 Å². The van der Waals surface area contributed by atoms with Crippen molar-refractivity contribution in [2.75, 3.05) is 11.5 Å². The van der Waals surface area contributed by atoms with Gasteiger partial charge in [0.2, 0.25) is 0 Å². The van der Waals surface area contributed by atoms with Crippen LogP contribution in [-0.2, 0) is 0 Å². The van der Waals surface area contributed by atoms with Crippen molar-refractivity contribution in [1.82, 2.24) is 10.3 Å². The van der Waals surface area contributed by atoms with Crippen LogP contribution in [0.3, 0.4) is 0 Å². The van der Waals surface area contributed by atoms with Gasteiger partial charge in [0.25, 0.3) is 5.91 Å². The van der Waals surface area contributed by atoms with Crippen LogP contribution >= 0.6 is 11.8 Å². The lowest BCUT2D eigenvalue weighted by atomic mass is 10.2. The number of carboxylic acid groups (broad SMARTS) is 1. The minimum atomic E-state index is -1.05. The van der Waals surface area contributed by atoms with Crippen LogP contribution in [0, 0.1) is 0 Å². The molecule has 0 fully saturated rings. The van der Waals surface area contributed by atoms with Gasteiger partial charge < -0.3 is 10.4 Å². The molecule has 1 rings (SSSR count). The zero-order valence-electron chi connectivity index (χ0n) is 10.3. The molecule has 0 aliphatic rings. The molecule has 2 N–H and O–H groups in total. The van der Waals surface area contributed by atoms with Crippen LogP contribution in [0.25, 0.3) is 0 Å². The number of rotatable bonds is 6. The third-order valence-corrected chi connectivity index (χ3v) is 3.34. The Hall–Kier alpha value is -1.56. The number of carbonyl (C=O) groups excluding carboxylic acids is 1. The van der Waals surface area contributed by atoms with Crippen LogP contribution < -0.4 is 5.32 Å². The van der Waals surface area contributed by atoms with E-state index in [4.69, 9.17) is 5.11 Å². The molecule has 1 aromatic heterocycles. The minimum absolute atomic E-state index is 0.0587. The second-order valence-corrected chi connectivity index (χ2v) is 5.09. The van der Waals surface area contributed by atoms with Crippen molar-refractivity contribution in [1.29, 1.82) is 0 Å². The van der Waals surface area contributed by atoms with Gasteiger partial charge in [0.15, 0.2) is 0 Å². The molecule has 1 heterocycles. The predicted molar refractivity (Wildman–Crippen MR) is 71.1 cm³/mol. The Balaban J connectivity index is 2.58. The number of aromatic nitrogens is 1. The third kappa shape index (κ3) is 4.37. The van der Waals surface area contributed by atoms with E-state index in [0.29, 0.717) is 0 Å². The molecule has 5 nitrogen and oxygen atoms in total. The van der Waals surface area contributed by atoms with E-state index >= 15 is 0 Å². The fourth-order valence-electron chi connectivity index (χ4n) is 1.29. The zero-order valence-corrected chi connectivity index (χ0v) is 11.2. The molecule has 0 saturated heterocycles. The first kappa shape index (κ1) is 14.5. The highest BCUT2D eigenvalue weighted by Crippen LogP contribution is 2.04. The summed E-state index contributed by atoms with van der Waals surface area (Å²) in [4.78, 5) is 26.2. The number of hydrogen-bond donors (Lipinski definition) is 2. The summed E-state index contributed by atoms with van der Waals surface area (Å²) in [7, 11) is 0. The van der Waals surface area contributed by atoms with Crippen LogP contribution in [0.2, 0.25) is 0 Å². The number of carboxylic acids is 1. The summed E-state index contributed by atoms with van der Waals surface area (Å²) in [6, 6.07) is 2.84. The van der Waals surface area contributed by atoms with Crippen LogP contribution in [-0.4, -0.2) is 39.5 Å². The summed E-state index contributed by atoms with van der Waals surface area (Å²) >= 11 is 1.75. The molecule has 1 aromatic rings. The molecule has 6 heteroatoms. The van der Waals surface area contributed by atoms with Gasteiger partial charge in [-0.2, -0.15) is 11.8 Å². The van der Waals surface area contributed by atoms with Crippen molar-refractivity contribution in [3.05, 3.63) is 29.6 Å². The summed E-state index contributed by atoms with van der Waals surface area (Å²) in [6.07, 6.45) is 1.18. The molecule has 0 aliphatic heterocycles. The predicted octanol–water partition coefficient (Wildman–Crippen LogP) is 1.65. The highest BCUT2D eigenvalue weighted by molar-refractivity contribution is 7.99. The van der Waals surface area contributed by atoms with Crippen molar-refractivity contribution in [3.63, 3.8) is 0 Å². The fraction of sp³-hybridized carbons (Fsp3) is 0.417. The summed E-state index contributed by atoms with van der Waals surface area (Å²) < 4.78 is 0. The quantitative estimate of drug-likeness (QED) is 0.820. The van der Waals surface area contributed by atoms with E-state index in [2.05, 4.69) is 17.2 Å². The van der Waals surface area contributed by atoms with E-state index in [9.17, 15) is 9.59 Å². The lowest BCUT2D eigenvalue weighted by molar-refractivity contribution is 0.0695. The number of nitrogens with one attached hydrogen (secondary N) is 1. The normalized spacial score (nSPS) is 11.9. The van der Waals surface area contributed by atoms with Crippen molar-refractivity contribution in [2.45, 2.75) is 19.9 Å². The maximum absolute atomic E-state index is 11.8. The van der Waals surface area contributed by atoms with Gasteiger partial charge >= 0.3 is 5.97 Å². The van der Waals surface area contributed by atoms with Gasteiger partial charge in [0, 0.05) is 18.0 Å². The van der Waals surface area contributed by atoms with Crippen molar-refractivity contribution < 1.29 is 14.7 Å². The number of hydrogen-bond acceptors (Lipinski definition) is 4. The average Bonchev–Trinajstić information content (AvgIpc) is 2.36. The molecule has 0 saturated carbocycles. The molecule has 98 valence electrons. The molecule has 0 bridgehead atoms. The van der Waals surface area contributed by atoms with Gasteiger partial charge in [-0.25, -0.2) is 4.79 Å². The third-order valence-electron chi connectivity index (χ3n) is 2.19. The molecule has 0 radical (unpaired) electrons. The van der Waals surface area contributed by atoms with E-state index in [1.807, 2.05) is 6.92 Å². The van der Waals surface area contributed by atoms with Crippen LogP contribution in [0.4, 0.5) is 0 Å². The standard InChI is InChI=1S/C12H16N2O3S/c1-3-18-7-8(2)14-11(15)10-5-4-9(6-13-10)12(16)17/h4-6,8H,3,7H2,1-2H3,(H,14,15)(H,16,17). The number of thioether (sulfide) groups is 1. The second-order valence-electron chi connectivity index (χ2n) is 3.77. The molecular formula is C12H16N2O3S. The number of aromatic carboxylic acids is 1. The van der Waals surface area contributed by atoms with Crippen LogP contribution in [0.15, 0.2) is 18.3 Å². The topological polar surface area (TPSA) is 79.3 Å². The molecule has 0 spiro atoms. The second kappa shape index (κ2) is 7.00. The summed E-state index contributed by atoms with van der Waals surface area (Å²) in [5, 5.41) is 11.5. The van der Waals surface area contributed by atoms with Gasteiger partial charge in [-0.05, 0) is 24.8 Å². The Labute approximate surface area is 110 Å². The van der Waals surface area contributed by atoms with E-state index in [0.717, 1.165) is 11.5 Å². The molecule has 18 heavy (non-hydrogen) atoms. The highest BCUT2D eigenvalue weighted by Gasteiger charge is 2.11. The van der Waals surface area contributed by atoms with Gasteiger partial charge in [-0.15, -0.1) is 0 Å². The van der Waals surface area contributed by atoms with Crippen molar-refractivity contribution >= 4 is 23.6 Å². The fourth-order valence-corrected chi connectivity index (χ4v) is 1.96. The summed E-state index contributed by atoms with van der Waals surface area (Å²) in [5.74, 6) is 0.514. The van der Waals surface area contributed by atoms with Crippen LogP contribution in [0.1, 0.15) is 34.7 Å². The van der Waals surface area contributed by atoms with Gasteiger partial charge in [0.1, 0.15) is 5.69 Å². The van der Waals surface area contributed by atoms with Crippen molar-refractivity contribution in [2.24, 2.45) is 0 Å². The zero-order chi connectivity index (χ0) is 13.5. The number of amides is 1. The van der Waals surface area contributed by atoms with E-state index in [1.54, 1.807) is 11.8 Å². The Kier molecular flexibility index (Phi) is 5.64. The minimum Gasteiger partial charge on any atom is -0.478 e. The Morgan fingerprint density at radius 3 is 2.72 bits per heavy atom. The molecule has 0 aliphatic carbocycles. The van der Waals surface area contributed by atoms with E-state index in [1.165, 1.54) is 18.3 Å². The van der Waals surface area contributed by atoms with E-state index in [-0.39, 0.29) is 23.2 Å². The molecular weight excluding hydrogens is 252 g/mol. The van der Waals surface area contributed by atoms with Gasteiger partial charge in [-0.3, -0.25) is 9.78 Å². The molecule has 1 atom stereocenters. The maximum atomic E-state index is 11.8. The first-order valence-corrected chi connectivity index (χ1v) is 6.78. The van der Waals surface area contributed by atoms with Crippen LogP contribution in [0.5, 0.6) is 0 Å².